The van der Waals surface area contributed by atoms with E-state index in [1.165, 1.54) is 7.06 Å². The van der Waals surface area contributed by atoms with Gasteiger partial charge < -0.3 is 0 Å². The average molecular weight is 180 g/mol. The lowest BCUT2D eigenvalue weighted by Crippen LogP contribution is -2.34. The van der Waals surface area contributed by atoms with Crippen molar-refractivity contribution in [3.63, 3.8) is 0 Å². The van der Waals surface area contributed by atoms with Crippen molar-refractivity contribution in [2.75, 3.05) is 0 Å². The molecule has 0 nitrogen and oxygen atoms in total. The fourth-order valence-electron chi connectivity index (χ4n) is 0.856. The molecular formula is C2H5B14. The average Bonchev–Trinajstić information content (AvgIpc) is 2.31. The summed E-state index contributed by atoms with van der Waals surface area (Å²) in [7, 11) is 30.3. The third kappa shape index (κ3) is 14.9. The third-order valence-electron chi connectivity index (χ3n) is 1.59. The molecule has 0 bridgehead atoms. The number of hydrogen-bond donors (Lipinski definition) is 0. The molecule has 55 valence electrons. The predicted octanol–water partition coefficient (Wildman–Crippen LogP) is -4.36. The Kier molecular flexibility index (Phi) is 16.8. The lowest BCUT2D eigenvalue weighted by atomic mass is 8.85. The molecule has 0 saturated heterocycles. The maximum absolute atomic E-state index is 5.17. The normalized spacial score (nSPS) is 7.56. The van der Waals surface area contributed by atoms with Gasteiger partial charge in [0.15, 0.2) is 0 Å². The molecule has 14 heteroatoms. The van der Waals surface area contributed by atoms with Crippen LogP contribution in [0.25, 0.3) is 0 Å². The molecule has 16 heavy (non-hydrogen) atoms. The first-order chi connectivity index (χ1) is 7.91. The van der Waals surface area contributed by atoms with E-state index in [2.05, 4.69) is 14.1 Å². The van der Waals surface area contributed by atoms with Gasteiger partial charge in [-0.3, -0.25) is 0 Å². The summed E-state index contributed by atoms with van der Waals surface area (Å²) in [6.07, 6.45) is 1.08. The van der Waals surface area contributed by atoms with E-state index in [0.717, 1.165) is 6.32 Å². The van der Waals surface area contributed by atoms with Crippen molar-refractivity contribution in [2.24, 2.45) is 0 Å². The van der Waals surface area contributed by atoms with E-state index in [4.69, 9.17) is 7.74 Å². The SMILES string of the molecule is [B][B][B][B][B][B][B][B][B][B][B][B][B][B]CC. The largest absolute Gasteiger partial charge is 0.0923 e. The van der Waals surface area contributed by atoms with E-state index in [1.54, 1.807) is 7.06 Å². The lowest BCUT2D eigenvalue weighted by Gasteiger charge is -1.96. The summed E-state index contributed by atoms with van der Waals surface area (Å²) in [5, 5.41) is 0. The molecule has 0 aromatic carbocycles. The molecule has 15 radical (unpaired) electrons. The monoisotopic (exact) mass is 183 g/mol. The van der Waals surface area contributed by atoms with Gasteiger partial charge in [-0.05, 0) is 0 Å². The second-order valence-corrected chi connectivity index (χ2v) is 2.95. The van der Waals surface area contributed by atoms with Crippen LogP contribution in [-0.2, 0) is 0 Å². The van der Waals surface area contributed by atoms with Gasteiger partial charge >= 0.3 is 0 Å². The minimum absolute atomic E-state index is 1.08. The predicted molar refractivity (Wildman–Crippen MR) is 91.0 cm³/mol. The standard InChI is InChI=1S/C2H5B14/c1-2-4-6-8-10-12-14-16-15-13-11-9-7-5-3/h2H2,1H3. The van der Waals surface area contributed by atoms with Gasteiger partial charge in [0.25, 0.3) is 0 Å². The summed E-state index contributed by atoms with van der Waals surface area (Å²) in [6, 6.07) is 0. The molecule has 0 spiro atoms. The van der Waals surface area contributed by atoms with Gasteiger partial charge in [-0.15, -0.1) is 0 Å². The first-order valence-corrected chi connectivity index (χ1v) is 5.45. The Morgan fingerprint density at radius 3 is 1.38 bits per heavy atom. The molecule has 0 aliphatic heterocycles. The summed E-state index contributed by atoms with van der Waals surface area (Å²) in [4.78, 5) is 0. The van der Waals surface area contributed by atoms with Crippen molar-refractivity contribution in [1.82, 2.24) is 0 Å². The maximum atomic E-state index is 5.17. The molecule has 0 unspecified atom stereocenters. The molecule has 0 atom stereocenters. The Hall–Kier alpha value is 0.909. The van der Waals surface area contributed by atoms with Crippen molar-refractivity contribution in [3.8, 4) is 0 Å². The highest BCUT2D eigenvalue weighted by Crippen LogP contribution is 1.68. The second kappa shape index (κ2) is 15.9. The van der Waals surface area contributed by atoms with Gasteiger partial charge in [0.1, 0.15) is 0 Å². The van der Waals surface area contributed by atoms with E-state index in [1.807, 2.05) is 70.6 Å². The highest BCUT2D eigenvalue weighted by Gasteiger charge is 1.98. The summed E-state index contributed by atoms with van der Waals surface area (Å²) >= 11 is 0. The summed E-state index contributed by atoms with van der Waals surface area (Å²) < 4.78 is 0. The van der Waals surface area contributed by atoms with Crippen molar-refractivity contribution in [1.29, 1.82) is 0 Å². The molecular weight excluding hydrogens is 175 g/mol. The maximum Gasteiger partial charge on any atom is 0.0541 e. The van der Waals surface area contributed by atoms with E-state index < -0.39 is 0 Å². The Morgan fingerprint density at radius 1 is 0.625 bits per heavy atom. The van der Waals surface area contributed by atoms with Crippen molar-refractivity contribution >= 4 is 99.6 Å². The quantitative estimate of drug-likeness (QED) is 0.199. The molecule has 0 fully saturated rings. The zero-order valence-corrected chi connectivity index (χ0v) is 9.79. The molecule has 0 heterocycles. The molecule has 0 rings (SSSR count). The molecule has 0 N–H and O–H groups in total. The van der Waals surface area contributed by atoms with Crippen LogP contribution in [0.1, 0.15) is 6.92 Å². The Bertz CT molecular complexity index is 101. The summed E-state index contributed by atoms with van der Waals surface area (Å²) in [5.74, 6) is 0. The summed E-state index contributed by atoms with van der Waals surface area (Å²) in [5.41, 5.74) is 0. The van der Waals surface area contributed by atoms with Gasteiger partial charge in [-0.1, -0.05) is 13.2 Å². The Morgan fingerprint density at radius 2 is 1.00 bits per heavy atom. The van der Waals surface area contributed by atoms with Gasteiger partial charge in [-0.25, -0.2) is 0 Å². The Balaban J connectivity index is 2.83. The summed E-state index contributed by atoms with van der Waals surface area (Å²) in [6.45, 7) is 2.12. The topological polar surface area (TPSA) is 0 Å². The fraction of sp³-hybridized carbons (Fsp3) is 1.00. The van der Waals surface area contributed by atoms with E-state index in [-0.39, 0.29) is 0 Å². The number of rotatable bonds is 13. The fourth-order valence-corrected chi connectivity index (χ4v) is 0.856. The van der Waals surface area contributed by atoms with Crippen LogP contribution in [0.2, 0.25) is 6.32 Å². The highest BCUT2D eigenvalue weighted by molar-refractivity contribution is 7.72. The van der Waals surface area contributed by atoms with Gasteiger partial charge in [0, 0.05) is 92.5 Å². The Labute approximate surface area is 113 Å². The highest BCUT2D eigenvalue weighted by atomic mass is 13.3. The first kappa shape index (κ1) is 16.9. The lowest BCUT2D eigenvalue weighted by molar-refractivity contribution is 1.47. The van der Waals surface area contributed by atoms with E-state index in [9.17, 15) is 0 Å². The van der Waals surface area contributed by atoms with Gasteiger partial charge in [0.2, 0.25) is 0 Å². The van der Waals surface area contributed by atoms with E-state index >= 15 is 0 Å². The molecule has 0 aliphatic rings. The number of hydrogen-bond acceptors (Lipinski definition) is 0. The van der Waals surface area contributed by atoms with Crippen molar-refractivity contribution in [3.05, 3.63) is 0 Å². The first-order valence-electron chi connectivity index (χ1n) is 5.45. The van der Waals surface area contributed by atoms with Crippen LogP contribution in [0.5, 0.6) is 0 Å². The second-order valence-electron chi connectivity index (χ2n) is 2.95. The molecule has 0 saturated carbocycles. The zero-order chi connectivity index (χ0) is 11.9. The molecule has 0 aromatic rings. The zero-order valence-electron chi connectivity index (χ0n) is 9.79. The van der Waals surface area contributed by atoms with Gasteiger partial charge in [0.05, 0.1) is 7.17 Å². The van der Waals surface area contributed by atoms with Gasteiger partial charge in [-0.2, -0.15) is 0 Å². The molecule has 0 aromatic heterocycles. The van der Waals surface area contributed by atoms with Crippen LogP contribution in [0.3, 0.4) is 0 Å². The van der Waals surface area contributed by atoms with Crippen molar-refractivity contribution in [2.45, 2.75) is 13.2 Å². The van der Waals surface area contributed by atoms with E-state index in [0.29, 0.717) is 0 Å². The van der Waals surface area contributed by atoms with Crippen LogP contribution >= 0.6 is 0 Å². The van der Waals surface area contributed by atoms with Crippen molar-refractivity contribution < 1.29 is 0 Å². The smallest absolute Gasteiger partial charge is 0.0541 e. The van der Waals surface area contributed by atoms with Crippen LogP contribution in [0.15, 0.2) is 0 Å². The third-order valence-corrected chi connectivity index (χ3v) is 1.59. The minimum atomic E-state index is 1.08. The van der Waals surface area contributed by atoms with Crippen LogP contribution in [0, 0.1) is 0 Å². The minimum Gasteiger partial charge on any atom is -0.0923 e. The van der Waals surface area contributed by atoms with Crippen LogP contribution in [-0.4, -0.2) is 99.6 Å². The molecule has 0 aliphatic carbocycles. The van der Waals surface area contributed by atoms with Crippen LogP contribution < -0.4 is 0 Å². The van der Waals surface area contributed by atoms with Crippen LogP contribution in [0.4, 0.5) is 0 Å². The molecule has 0 amide bonds.